The van der Waals surface area contributed by atoms with Crippen LogP contribution in [0, 0.1) is 0 Å². The first kappa shape index (κ1) is 16.2. The van der Waals surface area contributed by atoms with E-state index >= 15 is 0 Å². The minimum Gasteiger partial charge on any atom is -0.453 e. The summed E-state index contributed by atoms with van der Waals surface area (Å²) in [7, 11) is -1.70. The van der Waals surface area contributed by atoms with Crippen molar-refractivity contribution in [3.63, 3.8) is 0 Å². The molecule has 0 amide bonds. The minimum atomic E-state index is -1.70. The molecule has 3 heteroatoms. The molecule has 0 aliphatic heterocycles. The Kier molecular flexibility index (Phi) is 5.34. The second-order valence-electron chi connectivity index (χ2n) is 5.89. The second kappa shape index (κ2) is 7.23. The van der Waals surface area contributed by atoms with Gasteiger partial charge in [-0.25, -0.2) is 0 Å². The van der Waals surface area contributed by atoms with Crippen LogP contribution in [0.4, 0.5) is 0 Å². The molecule has 0 heterocycles. The smallest absolute Gasteiger partial charge is 0.303 e. The van der Waals surface area contributed by atoms with E-state index in [2.05, 4.69) is 43.1 Å². The van der Waals surface area contributed by atoms with Crippen molar-refractivity contribution >= 4 is 19.2 Å². The number of hydrogen-bond acceptors (Lipinski definition) is 2. The number of ether oxygens (including phenoxy) is 1. The Balaban J connectivity index is 2.24. The molecular weight excluding hydrogens is 288 g/mol. The highest BCUT2D eigenvalue weighted by Crippen LogP contribution is 2.20. The van der Waals surface area contributed by atoms with Crippen LogP contribution in [0.25, 0.3) is 0 Å². The molecular formula is C19H22O2Si. The Morgan fingerprint density at radius 2 is 1.55 bits per heavy atom. The summed E-state index contributed by atoms with van der Waals surface area (Å²) in [5.41, 5.74) is 3.23. The van der Waals surface area contributed by atoms with E-state index in [-0.39, 0.29) is 12.1 Å². The number of carbonyl (C=O) groups excluding carboxylic acids is 1. The van der Waals surface area contributed by atoms with E-state index < -0.39 is 8.07 Å². The Morgan fingerprint density at radius 3 is 2.09 bits per heavy atom. The lowest BCUT2D eigenvalue weighted by molar-refractivity contribution is -0.144. The molecule has 0 spiro atoms. The van der Waals surface area contributed by atoms with Crippen LogP contribution in [0.15, 0.2) is 72.4 Å². The second-order valence-corrected chi connectivity index (χ2v) is 10.2. The van der Waals surface area contributed by atoms with Crippen molar-refractivity contribution in [3.05, 3.63) is 78.0 Å². The summed E-state index contributed by atoms with van der Waals surface area (Å²) in [4.78, 5) is 11.4. The van der Waals surface area contributed by atoms with Crippen molar-refractivity contribution in [3.8, 4) is 0 Å². The zero-order chi connectivity index (χ0) is 16.0. The molecule has 0 aliphatic rings. The molecule has 0 N–H and O–H groups in total. The third kappa shape index (κ3) is 4.43. The number of esters is 1. The van der Waals surface area contributed by atoms with Gasteiger partial charge in [0.2, 0.25) is 0 Å². The summed E-state index contributed by atoms with van der Waals surface area (Å²) in [6.45, 7) is 6.02. The Hall–Kier alpha value is -2.13. The van der Waals surface area contributed by atoms with E-state index in [1.165, 1.54) is 12.1 Å². The zero-order valence-electron chi connectivity index (χ0n) is 13.3. The molecule has 114 valence electrons. The van der Waals surface area contributed by atoms with Crippen molar-refractivity contribution in [1.82, 2.24) is 0 Å². The van der Waals surface area contributed by atoms with Crippen molar-refractivity contribution in [2.75, 3.05) is 0 Å². The summed E-state index contributed by atoms with van der Waals surface area (Å²) >= 11 is 0. The predicted molar refractivity (Wildman–Crippen MR) is 93.6 cm³/mol. The minimum absolute atomic E-state index is 0.266. The van der Waals surface area contributed by atoms with Gasteiger partial charge in [0.05, 0.1) is 0 Å². The maximum Gasteiger partial charge on any atom is 0.303 e. The number of hydrogen-bond donors (Lipinski definition) is 0. The summed E-state index contributed by atoms with van der Waals surface area (Å²) in [6.07, 6.45) is 1.70. The van der Waals surface area contributed by atoms with Crippen LogP contribution < -0.4 is 5.19 Å². The third-order valence-electron chi connectivity index (χ3n) is 3.63. The van der Waals surface area contributed by atoms with Crippen molar-refractivity contribution < 1.29 is 9.53 Å². The fraction of sp³-hybridized carbons (Fsp3) is 0.211. The molecule has 0 saturated carbocycles. The van der Waals surface area contributed by atoms with E-state index in [9.17, 15) is 4.79 Å². The molecule has 2 rings (SSSR count). The molecule has 22 heavy (non-hydrogen) atoms. The van der Waals surface area contributed by atoms with Gasteiger partial charge in [0, 0.05) is 6.92 Å². The topological polar surface area (TPSA) is 26.3 Å². The van der Waals surface area contributed by atoms with Crippen LogP contribution in [0.5, 0.6) is 0 Å². The zero-order valence-corrected chi connectivity index (χ0v) is 14.3. The van der Waals surface area contributed by atoms with Crippen molar-refractivity contribution in [1.29, 1.82) is 0 Å². The molecule has 2 nitrogen and oxygen atoms in total. The first-order chi connectivity index (χ1) is 10.5. The van der Waals surface area contributed by atoms with Crippen LogP contribution in [0.2, 0.25) is 13.1 Å². The highest BCUT2D eigenvalue weighted by Gasteiger charge is 2.21. The average Bonchev–Trinajstić information content (AvgIpc) is 2.53. The molecule has 2 aromatic rings. The van der Waals surface area contributed by atoms with Gasteiger partial charge >= 0.3 is 5.97 Å². The Morgan fingerprint density at radius 1 is 1.00 bits per heavy atom. The maximum atomic E-state index is 11.4. The van der Waals surface area contributed by atoms with E-state index in [4.69, 9.17) is 4.74 Å². The predicted octanol–water partition coefficient (Wildman–Crippen LogP) is 4.00. The lowest BCUT2D eigenvalue weighted by Crippen LogP contribution is -2.39. The quantitative estimate of drug-likeness (QED) is 0.616. The number of benzene rings is 2. The number of carbonyl (C=O) groups is 1. The van der Waals surface area contributed by atoms with Gasteiger partial charge < -0.3 is 4.74 Å². The fourth-order valence-corrected chi connectivity index (χ4v) is 4.23. The molecule has 0 aromatic heterocycles. The normalized spacial score (nSPS) is 13.0. The van der Waals surface area contributed by atoms with Gasteiger partial charge in [-0.3, -0.25) is 4.79 Å². The van der Waals surface area contributed by atoms with Gasteiger partial charge in [-0.05, 0) is 11.6 Å². The van der Waals surface area contributed by atoms with Crippen LogP contribution in [0.3, 0.4) is 0 Å². The molecule has 1 atom stereocenters. The lowest BCUT2D eigenvalue weighted by Gasteiger charge is -2.20. The van der Waals surface area contributed by atoms with Gasteiger partial charge in [-0.1, -0.05) is 84.6 Å². The first-order valence-corrected chi connectivity index (χ1v) is 10.5. The van der Waals surface area contributed by atoms with E-state index in [1.54, 1.807) is 0 Å². The van der Waals surface area contributed by atoms with Crippen LogP contribution in [0.1, 0.15) is 18.6 Å². The Bertz CT molecular complexity index is 633. The molecule has 0 bridgehead atoms. The Labute approximate surface area is 133 Å². The van der Waals surface area contributed by atoms with E-state index in [0.29, 0.717) is 0 Å². The standard InChI is InChI=1S/C19H22O2Si/c1-16(20)21-19(17-10-6-4-7-11-17)14-15-22(2,3)18-12-8-5-9-13-18/h4-15,19H,1-3H3/b15-14+. The first-order valence-electron chi connectivity index (χ1n) is 7.46. The van der Waals surface area contributed by atoms with Crippen LogP contribution in [-0.2, 0) is 9.53 Å². The largest absolute Gasteiger partial charge is 0.453 e. The highest BCUT2D eigenvalue weighted by molar-refractivity contribution is 6.93. The van der Waals surface area contributed by atoms with Gasteiger partial charge in [0.1, 0.15) is 14.2 Å². The van der Waals surface area contributed by atoms with Gasteiger partial charge in [-0.15, -0.1) is 0 Å². The van der Waals surface area contributed by atoms with Crippen LogP contribution >= 0.6 is 0 Å². The average molecular weight is 310 g/mol. The van der Waals surface area contributed by atoms with Gasteiger partial charge in [0.25, 0.3) is 0 Å². The number of rotatable bonds is 5. The maximum absolute atomic E-state index is 11.4. The van der Waals surface area contributed by atoms with E-state index in [0.717, 1.165) is 5.56 Å². The highest BCUT2D eigenvalue weighted by atomic mass is 28.3. The molecule has 1 unspecified atom stereocenters. The summed E-state index contributed by atoms with van der Waals surface area (Å²) in [5.74, 6) is -0.266. The van der Waals surface area contributed by atoms with Crippen LogP contribution in [-0.4, -0.2) is 14.0 Å². The van der Waals surface area contributed by atoms with E-state index in [1.807, 2.05) is 42.5 Å². The third-order valence-corrected chi connectivity index (χ3v) is 6.47. The fourth-order valence-electron chi connectivity index (χ4n) is 2.33. The van der Waals surface area contributed by atoms with Gasteiger partial charge in [0.15, 0.2) is 0 Å². The van der Waals surface area contributed by atoms with Crippen molar-refractivity contribution in [2.24, 2.45) is 0 Å². The SMILES string of the molecule is CC(=O)OC(/C=C/[Si](C)(C)c1ccccc1)c1ccccc1. The van der Waals surface area contributed by atoms with Crippen molar-refractivity contribution in [2.45, 2.75) is 26.1 Å². The van der Waals surface area contributed by atoms with Gasteiger partial charge in [-0.2, -0.15) is 0 Å². The molecule has 2 aromatic carbocycles. The molecule has 0 saturated heterocycles. The molecule has 0 radical (unpaired) electrons. The molecule has 0 aliphatic carbocycles. The monoisotopic (exact) mass is 310 g/mol. The summed E-state index contributed by atoms with van der Waals surface area (Å²) in [6, 6.07) is 20.3. The summed E-state index contributed by atoms with van der Waals surface area (Å²) in [5, 5.41) is 1.36. The molecule has 0 fully saturated rings. The summed E-state index contributed by atoms with van der Waals surface area (Å²) < 4.78 is 5.46. The lowest BCUT2D eigenvalue weighted by atomic mass is 10.1.